The Kier molecular flexibility index (Phi) is 11.9. The lowest BCUT2D eigenvalue weighted by atomic mass is 9.70. The maximum atomic E-state index is 15.0. The van der Waals surface area contributed by atoms with Gasteiger partial charge in [0.2, 0.25) is 11.8 Å². The summed E-state index contributed by atoms with van der Waals surface area (Å²) in [5.41, 5.74) is 0.700. The number of carbonyl (C=O) groups excluding carboxylic acids is 4. The van der Waals surface area contributed by atoms with Gasteiger partial charge in [-0.3, -0.25) is 19.2 Å². The molecule has 268 valence electrons. The zero-order valence-corrected chi connectivity index (χ0v) is 29.8. The number of rotatable bonds is 16. The third-order valence-corrected chi connectivity index (χ3v) is 10.4. The smallest absolute Gasteiger partial charge is 0.306 e. The highest BCUT2D eigenvalue weighted by Gasteiger charge is 2.75. The van der Waals surface area contributed by atoms with Gasteiger partial charge in [-0.25, -0.2) is 0 Å². The topological polar surface area (TPSA) is 125 Å². The van der Waals surface area contributed by atoms with Gasteiger partial charge in [0.25, 0.3) is 5.91 Å². The number of benzene rings is 2. The zero-order valence-electron chi connectivity index (χ0n) is 29.1. The van der Waals surface area contributed by atoms with Gasteiger partial charge in [-0.2, -0.15) is 0 Å². The number of hydrogen-bond donors (Lipinski definition) is 2. The minimum Gasteiger partial charge on any atom is -0.463 e. The molecule has 0 saturated carbocycles. The van der Waals surface area contributed by atoms with Crippen LogP contribution in [0.5, 0.6) is 0 Å². The van der Waals surface area contributed by atoms with E-state index in [0.717, 1.165) is 11.1 Å². The van der Waals surface area contributed by atoms with Gasteiger partial charge in [-0.15, -0.1) is 13.2 Å². The van der Waals surface area contributed by atoms with E-state index in [1.165, 1.54) is 9.80 Å². The van der Waals surface area contributed by atoms with Crippen molar-refractivity contribution in [1.82, 2.24) is 10.2 Å². The van der Waals surface area contributed by atoms with Gasteiger partial charge in [0.15, 0.2) is 0 Å². The molecule has 50 heavy (non-hydrogen) atoms. The van der Waals surface area contributed by atoms with Crippen LogP contribution < -0.4 is 10.2 Å². The number of nitrogens with one attached hydrogen (secondary N) is 1. The first-order valence-corrected chi connectivity index (χ1v) is 17.8. The average Bonchev–Trinajstić information content (AvgIpc) is 3.74. The molecule has 2 N–H and O–H groups in total. The maximum Gasteiger partial charge on any atom is 0.306 e. The van der Waals surface area contributed by atoms with E-state index in [1.54, 1.807) is 24.3 Å². The number of anilines is 1. The Bertz CT molecular complexity index is 1580. The number of esters is 1. The summed E-state index contributed by atoms with van der Waals surface area (Å²) in [4.78, 5) is 59.6. The molecule has 7 atom stereocenters. The third-order valence-electron chi connectivity index (χ3n) is 10.1. The minimum atomic E-state index is -1.31. The summed E-state index contributed by atoms with van der Waals surface area (Å²) < 4.78 is 12.2. The van der Waals surface area contributed by atoms with E-state index in [4.69, 9.17) is 21.1 Å². The minimum absolute atomic E-state index is 0.0981. The molecule has 0 aromatic heterocycles. The lowest BCUT2D eigenvalue weighted by Crippen LogP contribution is -2.59. The van der Waals surface area contributed by atoms with Crippen molar-refractivity contribution < 1.29 is 33.8 Å². The number of aliphatic hydroxyl groups is 1. The second kappa shape index (κ2) is 15.9. The molecule has 3 amide bonds. The van der Waals surface area contributed by atoms with Crippen LogP contribution in [0.3, 0.4) is 0 Å². The van der Waals surface area contributed by atoms with Gasteiger partial charge < -0.3 is 29.7 Å². The molecule has 10 nitrogen and oxygen atoms in total. The first-order valence-electron chi connectivity index (χ1n) is 17.4. The number of amides is 3. The number of allylic oxidation sites excluding steroid dienone is 1. The van der Waals surface area contributed by atoms with E-state index in [1.807, 2.05) is 57.2 Å². The summed E-state index contributed by atoms with van der Waals surface area (Å²) >= 11 is 6.69. The molecule has 0 aliphatic carbocycles. The van der Waals surface area contributed by atoms with Gasteiger partial charge in [-0.05, 0) is 55.7 Å². The summed E-state index contributed by atoms with van der Waals surface area (Å²) in [6.45, 7) is 13.0. The summed E-state index contributed by atoms with van der Waals surface area (Å²) in [6.07, 6.45) is 4.56. The fourth-order valence-corrected chi connectivity index (χ4v) is 8.38. The lowest BCUT2D eigenvalue weighted by Gasteiger charge is -2.40. The molecule has 2 bridgehead atoms. The van der Waals surface area contributed by atoms with Crippen LogP contribution in [0, 0.1) is 24.7 Å². The SMILES string of the molecule is C=CCCC(=O)OC[C@H](NC(=O)[C@@H]1[C@@H]2CC[C@]3(O2)[C@H](C(=O)N(CC=C)c2c(C)cccc2Cl)N([C@@H](CO)CC(C)C)C(=O)[C@@H]13)c1ccccc1. The Hall–Kier alpha value is -3.99. The molecule has 3 saturated heterocycles. The molecule has 2 aromatic rings. The van der Waals surface area contributed by atoms with Crippen LogP contribution in [0.15, 0.2) is 73.8 Å². The fraction of sp³-hybridized carbons (Fsp3) is 0.487. The summed E-state index contributed by atoms with van der Waals surface area (Å²) in [7, 11) is 0. The van der Waals surface area contributed by atoms with Crippen molar-refractivity contribution in [3.05, 3.63) is 90.0 Å². The second-order valence-electron chi connectivity index (χ2n) is 13.9. The molecule has 3 fully saturated rings. The number of hydrogen-bond acceptors (Lipinski definition) is 7. The number of fused-ring (bicyclic) bond motifs is 1. The maximum absolute atomic E-state index is 15.0. The second-order valence-corrected chi connectivity index (χ2v) is 14.3. The molecular weight excluding hydrogens is 658 g/mol. The van der Waals surface area contributed by atoms with Gasteiger partial charge >= 0.3 is 5.97 Å². The summed E-state index contributed by atoms with van der Waals surface area (Å²) in [5, 5.41) is 14.1. The molecular formula is C39H48ClN3O7. The number of halogens is 1. The number of aryl methyl sites for hydroxylation is 1. The van der Waals surface area contributed by atoms with E-state index in [0.29, 0.717) is 36.4 Å². The number of aliphatic hydroxyl groups excluding tert-OH is 1. The molecule has 1 spiro atoms. The molecule has 0 unspecified atom stereocenters. The van der Waals surface area contributed by atoms with Crippen LogP contribution in [0.25, 0.3) is 0 Å². The Labute approximate surface area is 299 Å². The molecule has 3 aliphatic heterocycles. The number of ether oxygens (including phenoxy) is 2. The summed E-state index contributed by atoms with van der Waals surface area (Å²) in [5.74, 6) is -3.42. The quantitative estimate of drug-likeness (QED) is 0.179. The van der Waals surface area contributed by atoms with Gasteiger partial charge in [0.05, 0.1) is 47.3 Å². The number of para-hydroxylation sites is 1. The normalized spacial score (nSPS) is 24.8. The van der Waals surface area contributed by atoms with Crippen molar-refractivity contribution in [2.24, 2.45) is 17.8 Å². The standard InChI is InChI=1S/C39H48ClN3O7/c1-6-8-17-31(45)49-23-29(26-14-10-9-11-15-26)41-36(46)32-30-18-19-39(50-30)33(32)37(47)43(27(22-44)21-24(3)4)35(39)38(48)42(20-7-2)34-25(5)13-12-16-28(34)40/h6-7,9-16,24,27,29-30,32-33,35,44H,1-2,8,17-23H2,3-5H3,(H,41,46)/t27-,29+,30+,32-,33-,35+,39-/m1/s1. The van der Waals surface area contributed by atoms with E-state index >= 15 is 0 Å². The van der Waals surface area contributed by atoms with E-state index < -0.39 is 65.4 Å². The molecule has 2 aromatic carbocycles. The Balaban J connectivity index is 1.52. The van der Waals surface area contributed by atoms with Crippen LogP contribution in [-0.4, -0.2) is 77.2 Å². The van der Waals surface area contributed by atoms with Crippen molar-refractivity contribution in [3.8, 4) is 0 Å². The number of nitrogens with zero attached hydrogens (tertiary/aromatic N) is 2. The molecule has 0 radical (unpaired) electrons. The Morgan fingerprint density at radius 2 is 1.90 bits per heavy atom. The highest BCUT2D eigenvalue weighted by atomic mass is 35.5. The van der Waals surface area contributed by atoms with Gasteiger partial charge in [0, 0.05) is 13.0 Å². The van der Waals surface area contributed by atoms with Crippen LogP contribution in [-0.2, 0) is 28.7 Å². The Morgan fingerprint density at radius 3 is 2.54 bits per heavy atom. The van der Waals surface area contributed by atoms with E-state index in [-0.39, 0.29) is 32.1 Å². The van der Waals surface area contributed by atoms with Crippen molar-refractivity contribution >= 4 is 41.0 Å². The monoisotopic (exact) mass is 705 g/mol. The first kappa shape index (κ1) is 37.3. The van der Waals surface area contributed by atoms with Crippen LogP contribution in [0.2, 0.25) is 5.02 Å². The Morgan fingerprint density at radius 1 is 1.16 bits per heavy atom. The van der Waals surface area contributed by atoms with E-state index in [9.17, 15) is 24.3 Å². The molecule has 3 heterocycles. The van der Waals surface area contributed by atoms with E-state index in [2.05, 4.69) is 18.5 Å². The largest absolute Gasteiger partial charge is 0.463 e. The van der Waals surface area contributed by atoms with Gasteiger partial charge in [-0.1, -0.05) is 80.1 Å². The predicted molar refractivity (Wildman–Crippen MR) is 191 cm³/mol. The van der Waals surface area contributed by atoms with Crippen molar-refractivity contribution in [2.75, 3.05) is 24.7 Å². The fourth-order valence-electron chi connectivity index (χ4n) is 8.06. The lowest BCUT2D eigenvalue weighted by molar-refractivity contribution is -0.146. The highest BCUT2D eigenvalue weighted by molar-refractivity contribution is 6.34. The van der Waals surface area contributed by atoms with Crippen LogP contribution >= 0.6 is 11.6 Å². The molecule has 11 heteroatoms. The van der Waals surface area contributed by atoms with Crippen LogP contribution in [0.1, 0.15) is 63.1 Å². The average molecular weight is 706 g/mol. The third kappa shape index (κ3) is 7.11. The molecule has 5 rings (SSSR count). The summed E-state index contributed by atoms with van der Waals surface area (Å²) in [6, 6.07) is 12.1. The van der Waals surface area contributed by atoms with Gasteiger partial charge in [0.1, 0.15) is 18.2 Å². The highest BCUT2D eigenvalue weighted by Crippen LogP contribution is 2.59. The zero-order chi connectivity index (χ0) is 36.2. The van der Waals surface area contributed by atoms with Crippen molar-refractivity contribution in [2.45, 2.75) is 82.7 Å². The van der Waals surface area contributed by atoms with Crippen molar-refractivity contribution in [1.29, 1.82) is 0 Å². The number of likely N-dealkylation sites (tertiary alicyclic amines) is 1. The predicted octanol–water partition coefficient (Wildman–Crippen LogP) is 5.32. The van der Waals surface area contributed by atoms with Crippen molar-refractivity contribution in [3.63, 3.8) is 0 Å². The van der Waals surface area contributed by atoms with Crippen LogP contribution in [0.4, 0.5) is 5.69 Å². The first-order chi connectivity index (χ1) is 24.0. The molecule has 3 aliphatic rings. The number of carbonyl (C=O) groups is 4.